The summed E-state index contributed by atoms with van der Waals surface area (Å²) in [6.07, 6.45) is 2.83. The number of benzene rings is 2. The van der Waals surface area contributed by atoms with Crippen LogP contribution in [0.4, 0.5) is 5.69 Å². The third-order valence-electron chi connectivity index (χ3n) is 6.15. The van der Waals surface area contributed by atoms with E-state index in [4.69, 9.17) is 0 Å². The fourth-order valence-electron chi connectivity index (χ4n) is 4.23. The summed E-state index contributed by atoms with van der Waals surface area (Å²) in [5, 5.41) is 13.5. The third kappa shape index (κ3) is 4.81. The Morgan fingerprint density at radius 2 is 1.94 bits per heavy atom. The number of hydrogen-bond acceptors (Lipinski definition) is 5. The van der Waals surface area contributed by atoms with Gasteiger partial charge in [0.15, 0.2) is 0 Å². The molecule has 4 aromatic rings. The van der Waals surface area contributed by atoms with E-state index in [9.17, 15) is 14.4 Å². The fourth-order valence-corrected chi connectivity index (χ4v) is 5.29. The minimum Gasteiger partial charge on any atom is -0.340 e. The molecule has 8 nitrogen and oxygen atoms in total. The van der Waals surface area contributed by atoms with Crippen LogP contribution in [0.15, 0.2) is 60.8 Å². The van der Waals surface area contributed by atoms with Crippen molar-refractivity contribution in [3.8, 4) is 0 Å². The van der Waals surface area contributed by atoms with E-state index in [0.29, 0.717) is 36.4 Å². The highest BCUT2D eigenvalue weighted by Gasteiger charge is 2.29. The zero-order chi connectivity index (χ0) is 24.4. The molecule has 3 N–H and O–H groups in total. The molecule has 35 heavy (non-hydrogen) atoms. The molecule has 178 valence electrons. The minimum atomic E-state index is -0.622. The Bertz CT molecular complexity index is 1390. The van der Waals surface area contributed by atoms with Gasteiger partial charge in [0.05, 0.1) is 16.6 Å². The fraction of sp³-hybridized carbons (Fsp3) is 0.231. The lowest BCUT2D eigenvalue weighted by Gasteiger charge is -2.30. The van der Waals surface area contributed by atoms with Gasteiger partial charge in [-0.25, -0.2) is 0 Å². The first-order valence-corrected chi connectivity index (χ1v) is 12.3. The van der Waals surface area contributed by atoms with Gasteiger partial charge in [0.25, 0.3) is 11.8 Å². The number of carbonyl (C=O) groups excluding carboxylic acids is 3. The lowest BCUT2D eigenvalue weighted by molar-refractivity contribution is -0.134. The predicted molar refractivity (Wildman–Crippen MR) is 135 cm³/mol. The number of aromatic amines is 1. The number of thiophene rings is 1. The van der Waals surface area contributed by atoms with Crippen LogP contribution in [0.5, 0.6) is 0 Å². The van der Waals surface area contributed by atoms with Crippen LogP contribution in [-0.2, 0) is 17.8 Å². The van der Waals surface area contributed by atoms with Crippen molar-refractivity contribution in [2.24, 2.45) is 0 Å². The van der Waals surface area contributed by atoms with Crippen molar-refractivity contribution in [2.75, 3.05) is 11.9 Å². The standard InChI is InChI=1S/C26H25N5O3S/c1-2-20(29-24(32)16-8-9-21-17(12-16)14-27-30-21)26(34)31-11-10-22-18(15-31)13-23(35-22)25(33)28-19-6-4-3-5-7-19/h3-9,12-14,20H,2,10-11,15H2,1H3,(H,27,30)(H,28,33)(H,29,32)/t20-/m1/s1. The number of nitrogens with zero attached hydrogens (tertiary/aromatic N) is 2. The molecule has 0 bridgehead atoms. The molecular formula is C26H25N5O3S. The highest BCUT2D eigenvalue weighted by molar-refractivity contribution is 7.14. The maximum atomic E-state index is 13.3. The molecule has 9 heteroatoms. The molecule has 2 aromatic heterocycles. The van der Waals surface area contributed by atoms with Gasteiger partial charge >= 0.3 is 0 Å². The Balaban J connectivity index is 1.24. The van der Waals surface area contributed by atoms with Gasteiger partial charge in [-0.1, -0.05) is 25.1 Å². The van der Waals surface area contributed by atoms with Crippen molar-refractivity contribution >= 4 is 45.6 Å². The molecule has 5 rings (SSSR count). The normalized spacial score (nSPS) is 13.8. The monoisotopic (exact) mass is 487 g/mol. The number of aromatic nitrogens is 2. The van der Waals surface area contributed by atoms with Gasteiger partial charge in [0.2, 0.25) is 5.91 Å². The average molecular weight is 488 g/mol. The van der Waals surface area contributed by atoms with Gasteiger partial charge in [-0.15, -0.1) is 11.3 Å². The molecule has 0 aliphatic carbocycles. The van der Waals surface area contributed by atoms with Crippen molar-refractivity contribution in [3.05, 3.63) is 81.7 Å². The van der Waals surface area contributed by atoms with Gasteiger partial charge in [-0.3, -0.25) is 19.5 Å². The van der Waals surface area contributed by atoms with Crippen molar-refractivity contribution in [3.63, 3.8) is 0 Å². The van der Waals surface area contributed by atoms with Crippen molar-refractivity contribution < 1.29 is 14.4 Å². The van der Waals surface area contributed by atoms with Crippen LogP contribution in [0.3, 0.4) is 0 Å². The summed E-state index contributed by atoms with van der Waals surface area (Å²) in [6.45, 7) is 2.87. The lowest BCUT2D eigenvalue weighted by atomic mass is 10.1. The van der Waals surface area contributed by atoms with E-state index in [0.717, 1.165) is 27.0 Å². The van der Waals surface area contributed by atoms with Crippen LogP contribution < -0.4 is 10.6 Å². The number of carbonyl (C=O) groups is 3. The van der Waals surface area contributed by atoms with Crippen LogP contribution in [0.25, 0.3) is 10.9 Å². The molecule has 2 aromatic carbocycles. The van der Waals surface area contributed by atoms with Gasteiger partial charge in [-0.05, 0) is 54.8 Å². The second-order valence-electron chi connectivity index (χ2n) is 8.50. The molecule has 3 heterocycles. The van der Waals surface area contributed by atoms with Crippen molar-refractivity contribution in [1.29, 1.82) is 0 Å². The molecule has 0 saturated carbocycles. The van der Waals surface area contributed by atoms with E-state index in [1.54, 1.807) is 29.3 Å². The quantitative estimate of drug-likeness (QED) is 0.383. The first-order chi connectivity index (χ1) is 17.0. The Labute approximate surface area is 206 Å². The number of para-hydroxylation sites is 1. The van der Waals surface area contributed by atoms with Crippen molar-refractivity contribution in [2.45, 2.75) is 32.4 Å². The molecule has 0 spiro atoms. The molecule has 1 aliphatic heterocycles. The Morgan fingerprint density at radius 3 is 2.74 bits per heavy atom. The summed E-state index contributed by atoms with van der Waals surface area (Å²) in [5.41, 5.74) is 3.06. The second-order valence-corrected chi connectivity index (χ2v) is 9.63. The summed E-state index contributed by atoms with van der Waals surface area (Å²) >= 11 is 1.47. The lowest BCUT2D eigenvalue weighted by Crippen LogP contribution is -2.49. The minimum absolute atomic E-state index is 0.114. The molecule has 0 unspecified atom stereocenters. The number of nitrogens with one attached hydrogen (secondary N) is 3. The summed E-state index contributed by atoms with van der Waals surface area (Å²) in [4.78, 5) is 42.3. The van der Waals surface area contributed by atoms with Crippen molar-refractivity contribution in [1.82, 2.24) is 20.4 Å². The zero-order valence-corrected chi connectivity index (χ0v) is 20.0. The van der Waals surface area contributed by atoms with Crippen LogP contribution in [0.2, 0.25) is 0 Å². The summed E-state index contributed by atoms with van der Waals surface area (Å²) in [6, 6.07) is 15.9. The molecule has 0 radical (unpaired) electrons. The van der Waals surface area contributed by atoms with E-state index < -0.39 is 6.04 Å². The number of anilines is 1. The molecule has 3 amide bonds. The van der Waals surface area contributed by atoms with E-state index in [1.165, 1.54) is 11.3 Å². The van der Waals surface area contributed by atoms with E-state index in [1.807, 2.05) is 43.3 Å². The second kappa shape index (κ2) is 9.71. The highest BCUT2D eigenvalue weighted by Crippen LogP contribution is 2.29. The van der Waals surface area contributed by atoms with Crippen LogP contribution in [0.1, 0.15) is 43.8 Å². The summed E-state index contributed by atoms with van der Waals surface area (Å²) in [7, 11) is 0. The molecular weight excluding hydrogens is 462 g/mol. The van der Waals surface area contributed by atoms with Gasteiger partial charge < -0.3 is 15.5 Å². The zero-order valence-electron chi connectivity index (χ0n) is 19.2. The van der Waals surface area contributed by atoms with E-state index >= 15 is 0 Å². The Hall–Kier alpha value is -3.98. The number of rotatable bonds is 6. The Morgan fingerprint density at radius 1 is 1.11 bits per heavy atom. The van der Waals surface area contributed by atoms with Crippen LogP contribution in [-0.4, -0.2) is 45.4 Å². The largest absolute Gasteiger partial charge is 0.340 e. The third-order valence-corrected chi connectivity index (χ3v) is 7.38. The highest BCUT2D eigenvalue weighted by atomic mass is 32.1. The summed E-state index contributed by atoms with van der Waals surface area (Å²) < 4.78 is 0. The number of hydrogen-bond donors (Lipinski definition) is 3. The SMILES string of the molecule is CC[C@@H](NC(=O)c1ccc2[nH]ncc2c1)C(=O)N1CCc2sc(C(=O)Nc3ccccc3)cc2C1. The molecule has 1 atom stereocenters. The molecule has 0 saturated heterocycles. The van der Waals surface area contributed by atoms with E-state index in [2.05, 4.69) is 20.8 Å². The average Bonchev–Trinajstić information content (AvgIpc) is 3.53. The number of amides is 3. The van der Waals surface area contributed by atoms with Gasteiger partial charge in [0, 0.05) is 34.6 Å². The summed E-state index contributed by atoms with van der Waals surface area (Å²) in [5.74, 6) is -0.555. The maximum Gasteiger partial charge on any atom is 0.265 e. The van der Waals surface area contributed by atoms with E-state index in [-0.39, 0.29) is 17.7 Å². The van der Waals surface area contributed by atoms with Crippen LogP contribution >= 0.6 is 11.3 Å². The molecule has 0 fully saturated rings. The Kier molecular flexibility index (Phi) is 6.33. The number of H-pyrrole nitrogens is 1. The van der Waals surface area contributed by atoms with Gasteiger partial charge in [-0.2, -0.15) is 5.10 Å². The first-order valence-electron chi connectivity index (χ1n) is 11.5. The number of fused-ring (bicyclic) bond motifs is 2. The smallest absolute Gasteiger partial charge is 0.265 e. The maximum absolute atomic E-state index is 13.3. The topological polar surface area (TPSA) is 107 Å². The van der Waals surface area contributed by atoms with Gasteiger partial charge in [0.1, 0.15) is 6.04 Å². The van der Waals surface area contributed by atoms with Crippen LogP contribution in [0, 0.1) is 0 Å². The molecule has 1 aliphatic rings. The first kappa shape index (κ1) is 22.8. The predicted octanol–water partition coefficient (Wildman–Crippen LogP) is 3.97.